The zero-order valence-electron chi connectivity index (χ0n) is 10.5. The third kappa shape index (κ3) is 2.37. The van der Waals surface area contributed by atoms with Crippen LogP contribution in [0.1, 0.15) is 28.9 Å². The van der Waals surface area contributed by atoms with Crippen molar-refractivity contribution in [3.8, 4) is 0 Å². The summed E-state index contributed by atoms with van der Waals surface area (Å²) in [5.74, 6) is 0. The summed E-state index contributed by atoms with van der Waals surface area (Å²) in [6.07, 6.45) is 1.22. The number of nitrogens with zero attached hydrogens (tertiary/aromatic N) is 4. The molecule has 2 bridgehead atoms. The van der Waals surface area contributed by atoms with Gasteiger partial charge in [0.1, 0.15) is 10.0 Å². The number of aromatic nitrogens is 2. The Hall–Kier alpha value is -1.30. The van der Waals surface area contributed by atoms with E-state index in [-0.39, 0.29) is 12.1 Å². The van der Waals surface area contributed by atoms with Crippen LogP contribution in [0.25, 0.3) is 0 Å². The highest BCUT2D eigenvalue weighted by atomic mass is 32.3. The molecule has 0 aliphatic carbocycles. The maximum absolute atomic E-state index is 12.2. The lowest BCUT2D eigenvalue weighted by Gasteiger charge is -2.28. The van der Waals surface area contributed by atoms with Gasteiger partial charge in [-0.1, -0.05) is 11.3 Å². The van der Waals surface area contributed by atoms with Gasteiger partial charge in [0.2, 0.25) is 0 Å². The highest BCUT2D eigenvalue weighted by Gasteiger charge is 2.48. The molecule has 11 heteroatoms. The van der Waals surface area contributed by atoms with Crippen LogP contribution in [0, 0.1) is 6.92 Å². The van der Waals surface area contributed by atoms with Crippen LogP contribution in [0.3, 0.4) is 0 Å². The summed E-state index contributed by atoms with van der Waals surface area (Å²) in [5, 5.41) is 10.2. The number of fused-ring (bicyclic) bond motifs is 2. The van der Waals surface area contributed by atoms with E-state index < -0.39 is 16.4 Å². The first-order chi connectivity index (χ1) is 9.35. The smallest absolute Gasteiger partial charge is 0.311 e. The fourth-order valence-corrected chi connectivity index (χ4v) is 3.77. The number of carbonyl (C=O) groups is 1. The summed E-state index contributed by atoms with van der Waals surface area (Å²) in [4.78, 5) is 13.7. The summed E-state index contributed by atoms with van der Waals surface area (Å²) < 4.78 is 34.6. The molecule has 1 aromatic rings. The van der Waals surface area contributed by atoms with Crippen LogP contribution in [-0.2, 0) is 14.7 Å². The standard InChI is InChI=1S/C9H12N4O5S2/c1-5-10-11-8(19-5)7-3-2-6-4-12(7)9(14)13(6)18-20(15,16)17/h6-7H,2-4H2,1H3,(H,15,16,17)/t6-,7?/m1/s1. The Morgan fingerprint density at radius 2 is 2.15 bits per heavy atom. The zero-order chi connectivity index (χ0) is 14.5. The lowest BCUT2D eigenvalue weighted by Crippen LogP contribution is -2.35. The van der Waals surface area contributed by atoms with E-state index >= 15 is 0 Å². The Morgan fingerprint density at radius 1 is 1.40 bits per heavy atom. The van der Waals surface area contributed by atoms with Crippen molar-refractivity contribution >= 4 is 27.8 Å². The Balaban J connectivity index is 1.84. The van der Waals surface area contributed by atoms with E-state index in [1.54, 1.807) is 0 Å². The number of piperidine rings is 1. The van der Waals surface area contributed by atoms with Crippen molar-refractivity contribution in [3.05, 3.63) is 10.0 Å². The summed E-state index contributed by atoms with van der Waals surface area (Å²) in [7, 11) is -4.70. The molecule has 0 radical (unpaired) electrons. The Morgan fingerprint density at radius 3 is 2.75 bits per heavy atom. The molecule has 110 valence electrons. The van der Waals surface area contributed by atoms with Crippen molar-refractivity contribution in [3.63, 3.8) is 0 Å². The van der Waals surface area contributed by atoms with Crippen LogP contribution in [0.2, 0.25) is 0 Å². The molecule has 2 fully saturated rings. The molecule has 20 heavy (non-hydrogen) atoms. The van der Waals surface area contributed by atoms with Crippen molar-refractivity contribution < 1.29 is 22.0 Å². The van der Waals surface area contributed by atoms with Gasteiger partial charge < -0.3 is 4.90 Å². The van der Waals surface area contributed by atoms with Gasteiger partial charge in [0, 0.05) is 6.54 Å². The van der Waals surface area contributed by atoms with Crippen molar-refractivity contribution in [2.45, 2.75) is 31.8 Å². The van der Waals surface area contributed by atoms with Crippen LogP contribution in [-0.4, -0.2) is 51.7 Å². The van der Waals surface area contributed by atoms with Crippen molar-refractivity contribution in [1.82, 2.24) is 20.2 Å². The minimum Gasteiger partial charge on any atom is -0.311 e. The van der Waals surface area contributed by atoms with E-state index in [0.29, 0.717) is 19.4 Å². The lowest BCUT2D eigenvalue weighted by atomic mass is 10.0. The van der Waals surface area contributed by atoms with Crippen LogP contribution < -0.4 is 0 Å². The summed E-state index contributed by atoms with van der Waals surface area (Å²) >= 11 is 1.41. The number of rotatable bonds is 3. The zero-order valence-corrected chi connectivity index (χ0v) is 12.1. The van der Waals surface area contributed by atoms with Crippen LogP contribution in [0.4, 0.5) is 4.79 Å². The molecule has 2 aliphatic heterocycles. The summed E-state index contributed by atoms with van der Waals surface area (Å²) in [6.45, 7) is 2.17. The normalized spacial score (nSPS) is 26.4. The molecule has 2 amide bonds. The van der Waals surface area contributed by atoms with Crippen LogP contribution in [0.5, 0.6) is 0 Å². The number of hydroxylamine groups is 2. The highest BCUT2D eigenvalue weighted by Crippen LogP contribution is 2.39. The van der Waals surface area contributed by atoms with Gasteiger partial charge >= 0.3 is 16.4 Å². The van der Waals surface area contributed by atoms with E-state index in [1.165, 1.54) is 16.2 Å². The molecular formula is C9H12N4O5S2. The van der Waals surface area contributed by atoms with E-state index in [9.17, 15) is 13.2 Å². The molecule has 9 nitrogen and oxygen atoms in total. The number of carbonyl (C=O) groups excluding carboxylic acids is 1. The fraction of sp³-hybridized carbons (Fsp3) is 0.667. The van der Waals surface area contributed by atoms with Gasteiger partial charge in [0.25, 0.3) is 0 Å². The Bertz CT molecular complexity index is 645. The predicted octanol–water partition coefficient (Wildman–Crippen LogP) is 0.522. The second-order valence-corrected chi connectivity index (χ2v) is 6.89. The highest BCUT2D eigenvalue weighted by molar-refractivity contribution is 7.80. The molecule has 2 aliphatic rings. The quantitative estimate of drug-likeness (QED) is 0.808. The molecule has 2 saturated heterocycles. The number of amides is 2. The molecule has 0 saturated carbocycles. The van der Waals surface area contributed by atoms with Crippen molar-refractivity contribution in [2.75, 3.05) is 6.54 Å². The predicted molar refractivity (Wildman–Crippen MR) is 67.0 cm³/mol. The minimum absolute atomic E-state index is 0.222. The molecule has 1 unspecified atom stereocenters. The first-order valence-electron chi connectivity index (χ1n) is 5.92. The number of aryl methyl sites for hydroxylation is 1. The second kappa shape index (κ2) is 4.62. The Kier molecular flexibility index (Phi) is 3.16. The molecular weight excluding hydrogens is 308 g/mol. The first-order valence-corrected chi connectivity index (χ1v) is 8.10. The summed E-state index contributed by atoms with van der Waals surface area (Å²) in [5.41, 5.74) is 0. The monoisotopic (exact) mass is 320 g/mol. The van der Waals surface area contributed by atoms with Gasteiger partial charge in [-0.3, -0.25) is 4.55 Å². The minimum atomic E-state index is -4.70. The fourth-order valence-electron chi connectivity index (χ4n) is 2.53. The third-order valence-electron chi connectivity index (χ3n) is 3.32. The van der Waals surface area contributed by atoms with Gasteiger partial charge in [0.15, 0.2) is 0 Å². The SMILES string of the molecule is Cc1nnc(C2CC[C@@H]3CN2C(=O)N3OS(=O)(=O)O)s1. The van der Waals surface area contributed by atoms with Crippen LogP contribution >= 0.6 is 11.3 Å². The number of hydrogen-bond donors (Lipinski definition) is 1. The molecule has 1 aromatic heterocycles. The number of hydrogen-bond acceptors (Lipinski definition) is 7. The average molecular weight is 320 g/mol. The topological polar surface area (TPSA) is 113 Å². The summed E-state index contributed by atoms with van der Waals surface area (Å²) in [6, 6.07) is -1.18. The molecule has 3 heterocycles. The van der Waals surface area contributed by atoms with Crippen LogP contribution in [0.15, 0.2) is 0 Å². The van der Waals surface area contributed by atoms with E-state index in [0.717, 1.165) is 15.1 Å². The van der Waals surface area contributed by atoms with Crippen molar-refractivity contribution in [2.24, 2.45) is 0 Å². The second-order valence-electron chi connectivity index (χ2n) is 4.67. The molecule has 1 N–H and O–H groups in total. The first kappa shape index (κ1) is 13.7. The lowest BCUT2D eigenvalue weighted by molar-refractivity contribution is -0.0317. The average Bonchev–Trinajstić information content (AvgIpc) is 2.88. The van der Waals surface area contributed by atoms with E-state index in [4.69, 9.17) is 4.55 Å². The van der Waals surface area contributed by atoms with Gasteiger partial charge in [-0.25, -0.2) is 4.79 Å². The molecule has 0 aromatic carbocycles. The van der Waals surface area contributed by atoms with E-state index in [2.05, 4.69) is 14.5 Å². The van der Waals surface area contributed by atoms with Gasteiger partial charge in [-0.2, -0.15) is 13.5 Å². The maximum Gasteiger partial charge on any atom is 0.418 e. The van der Waals surface area contributed by atoms with E-state index in [1.807, 2.05) is 6.92 Å². The number of urea groups is 1. The molecule has 3 rings (SSSR count). The third-order valence-corrected chi connectivity index (χ3v) is 4.61. The Labute approximate surface area is 119 Å². The molecule has 0 spiro atoms. The van der Waals surface area contributed by atoms with Gasteiger partial charge in [-0.05, 0) is 19.8 Å². The van der Waals surface area contributed by atoms with Gasteiger partial charge in [-0.15, -0.1) is 14.5 Å². The van der Waals surface area contributed by atoms with Gasteiger partial charge in [0.05, 0.1) is 12.1 Å². The maximum atomic E-state index is 12.2. The van der Waals surface area contributed by atoms with Crippen molar-refractivity contribution in [1.29, 1.82) is 0 Å². The largest absolute Gasteiger partial charge is 0.418 e. The molecule has 2 atom stereocenters.